The number of nitrogens with zero attached hydrogens (tertiary/aromatic N) is 1. The van der Waals surface area contributed by atoms with Crippen LogP contribution in [0.15, 0.2) is 18.2 Å². The molecule has 1 aliphatic heterocycles. The van der Waals surface area contributed by atoms with E-state index in [1.165, 1.54) is 16.0 Å². The Labute approximate surface area is 153 Å². The van der Waals surface area contributed by atoms with Crippen molar-refractivity contribution in [2.75, 3.05) is 18.9 Å². The molecule has 7 heteroatoms. The second kappa shape index (κ2) is 7.86. The van der Waals surface area contributed by atoms with Crippen LogP contribution in [-0.2, 0) is 27.2 Å². The summed E-state index contributed by atoms with van der Waals surface area (Å²) in [6, 6.07) is 5.24. The molecule has 2 aliphatic rings. The summed E-state index contributed by atoms with van der Waals surface area (Å²) in [6.45, 7) is 0.351. The molecule has 0 unspecified atom stereocenters. The Kier molecular flexibility index (Phi) is 5.56. The monoisotopic (exact) mass is 358 g/mol. The van der Waals surface area contributed by atoms with Crippen molar-refractivity contribution in [1.82, 2.24) is 10.2 Å². The van der Waals surface area contributed by atoms with Gasteiger partial charge in [-0.15, -0.1) is 0 Å². The molecule has 1 heterocycles. The molecule has 3 rings (SSSR count). The largest absolute Gasteiger partial charge is 0.357 e. The highest BCUT2D eigenvalue weighted by Crippen LogP contribution is 2.25. The fourth-order valence-corrected chi connectivity index (χ4v) is 3.80. The quantitative estimate of drug-likeness (QED) is 0.716. The predicted molar refractivity (Wildman–Crippen MR) is 98.5 cm³/mol. The number of hydrogen-bond acceptors (Lipinski definition) is 4. The fraction of sp³-hybridized carbons (Fsp3) is 0.526. The van der Waals surface area contributed by atoms with Gasteiger partial charge in [0, 0.05) is 38.2 Å². The van der Waals surface area contributed by atoms with E-state index < -0.39 is 6.04 Å². The fourth-order valence-electron chi connectivity index (χ4n) is 3.80. The second-order valence-electron chi connectivity index (χ2n) is 7.06. The van der Waals surface area contributed by atoms with Gasteiger partial charge in [0.15, 0.2) is 0 Å². The lowest BCUT2D eigenvalue weighted by molar-refractivity contribution is -0.138. The maximum Gasteiger partial charge on any atom is 0.242 e. The Morgan fingerprint density at radius 1 is 1.19 bits per heavy atom. The zero-order valence-electron chi connectivity index (χ0n) is 15.1. The first kappa shape index (κ1) is 18.4. The summed E-state index contributed by atoms with van der Waals surface area (Å²) >= 11 is 0. The van der Waals surface area contributed by atoms with Gasteiger partial charge in [-0.1, -0.05) is 6.07 Å². The molecule has 1 aromatic rings. The predicted octanol–water partition coefficient (Wildman–Crippen LogP) is 0.568. The summed E-state index contributed by atoms with van der Waals surface area (Å²) in [5, 5.41) is 5.42. The van der Waals surface area contributed by atoms with Crippen molar-refractivity contribution in [3.8, 4) is 0 Å². The van der Waals surface area contributed by atoms with Crippen LogP contribution in [-0.4, -0.2) is 48.3 Å². The average Bonchev–Trinajstić information content (AvgIpc) is 3.24. The van der Waals surface area contributed by atoms with Gasteiger partial charge >= 0.3 is 0 Å². The minimum absolute atomic E-state index is 0.0665. The van der Waals surface area contributed by atoms with Crippen molar-refractivity contribution in [3.05, 3.63) is 29.3 Å². The first-order valence-corrected chi connectivity index (χ1v) is 9.16. The van der Waals surface area contributed by atoms with Gasteiger partial charge in [0.25, 0.3) is 0 Å². The molecule has 1 aliphatic carbocycles. The molecule has 7 nitrogen and oxygen atoms in total. The number of nitrogens with one attached hydrogen (secondary N) is 2. The number of carbonyl (C=O) groups is 3. The Morgan fingerprint density at radius 2 is 1.96 bits per heavy atom. The molecular weight excluding hydrogens is 332 g/mol. The minimum atomic E-state index is -0.540. The van der Waals surface area contributed by atoms with E-state index in [4.69, 9.17) is 5.73 Å². The van der Waals surface area contributed by atoms with Gasteiger partial charge < -0.3 is 21.3 Å². The summed E-state index contributed by atoms with van der Waals surface area (Å²) < 4.78 is 0. The molecular formula is C19H26N4O3. The van der Waals surface area contributed by atoms with Crippen LogP contribution in [0.2, 0.25) is 0 Å². The SMILES string of the molecule is CNC(=O)[C@@H]1C[C@@H](N)CN1C(=O)CCC(=O)Nc1ccc2c(c1)CCC2. The van der Waals surface area contributed by atoms with Crippen LogP contribution in [0.1, 0.15) is 36.8 Å². The zero-order valence-corrected chi connectivity index (χ0v) is 15.1. The molecule has 1 aromatic carbocycles. The van der Waals surface area contributed by atoms with Crippen LogP contribution in [0.25, 0.3) is 0 Å². The molecule has 0 aromatic heterocycles. The summed E-state index contributed by atoms with van der Waals surface area (Å²) in [7, 11) is 1.54. The molecule has 2 atom stereocenters. The minimum Gasteiger partial charge on any atom is -0.357 e. The smallest absolute Gasteiger partial charge is 0.242 e. The van der Waals surface area contributed by atoms with Gasteiger partial charge in [0.2, 0.25) is 17.7 Å². The van der Waals surface area contributed by atoms with Crippen molar-refractivity contribution in [2.24, 2.45) is 5.73 Å². The zero-order chi connectivity index (χ0) is 18.7. The summed E-state index contributed by atoms with van der Waals surface area (Å²) in [5.74, 6) is -0.624. The topological polar surface area (TPSA) is 105 Å². The number of fused-ring (bicyclic) bond motifs is 1. The highest BCUT2D eigenvalue weighted by Gasteiger charge is 2.37. The number of benzene rings is 1. The van der Waals surface area contributed by atoms with Crippen molar-refractivity contribution >= 4 is 23.4 Å². The van der Waals surface area contributed by atoms with Gasteiger partial charge in [0.1, 0.15) is 6.04 Å². The number of anilines is 1. The lowest BCUT2D eigenvalue weighted by atomic mass is 10.1. The third-order valence-corrected chi connectivity index (χ3v) is 5.15. The highest BCUT2D eigenvalue weighted by atomic mass is 16.2. The van der Waals surface area contributed by atoms with Crippen LogP contribution >= 0.6 is 0 Å². The van der Waals surface area contributed by atoms with Gasteiger partial charge in [-0.05, 0) is 48.9 Å². The third-order valence-electron chi connectivity index (χ3n) is 5.15. The number of hydrogen-bond donors (Lipinski definition) is 3. The van der Waals surface area contributed by atoms with Crippen LogP contribution in [0.4, 0.5) is 5.69 Å². The van der Waals surface area contributed by atoms with E-state index in [0.29, 0.717) is 13.0 Å². The number of carbonyl (C=O) groups excluding carboxylic acids is 3. The molecule has 26 heavy (non-hydrogen) atoms. The Morgan fingerprint density at radius 3 is 2.73 bits per heavy atom. The number of nitrogens with two attached hydrogens (primary N) is 1. The molecule has 3 amide bonds. The van der Waals surface area contributed by atoms with Crippen LogP contribution in [0.3, 0.4) is 0 Å². The van der Waals surface area contributed by atoms with Crippen molar-refractivity contribution < 1.29 is 14.4 Å². The molecule has 1 fully saturated rings. The van der Waals surface area contributed by atoms with Crippen LogP contribution in [0.5, 0.6) is 0 Å². The standard InChI is InChI=1S/C19H26N4O3/c1-21-19(26)16-10-14(20)11-23(16)18(25)8-7-17(24)22-15-6-5-12-3-2-4-13(12)9-15/h5-6,9,14,16H,2-4,7-8,10-11,20H2,1H3,(H,21,26)(H,22,24)/t14-,16+/m1/s1. The maximum atomic E-state index is 12.4. The summed E-state index contributed by atoms with van der Waals surface area (Å²) in [6.07, 6.45) is 3.91. The van der Waals surface area contributed by atoms with Crippen molar-refractivity contribution in [1.29, 1.82) is 0 Å². The molecule has 0 saturated carbocycles. The number of aryl methyl sites for hydroxylation is 2. The number of likely N-dealkylation sites (N-methyl/N-ethyl adjacent to an activating group) is 1. The third kappa shape index (κ3) is 4.04. The maximum absolute atomic E-state index is 12.4. The van der Waals surface area contributed by atoms with E-state index in [1.807, 2.05) is 12.1 Å². The van der Waals surface area contributed by atoms with Crippen molar-refractivity contribution in [3.63, 3.8) is 0 Å². The van der Waals surface area contributed by atoms with E-state index in [9.17, 15) is 14.4 Å². The first-order valence-electron chi connectivity index (χ1n) is 9.16. The molecule has 1 saturated heterocycles. The Bertz CT molecular complexity index is 719. The van der Waals surface area contributed by atoms with E-state index >= 15 is 0 Å². The highest BCUT2D eigenvalue weighted by molar-refractivity contribution is 5.94. The van der Waals surface area contributed by atoms with Gasteiger partial charge in [-0.25, -0.2) is 0 Å². The van der Waals surface area contributed by atoms with Crippen LogP contribution < -0.4 is 16.4 Å². The molecule has 0 bridgehead atoms. The van der Waals surface area contributed by atoms with E-state index in [0.717, 1.165) is 24.9 Å². The first-order chi connectivity index (χ1) is 12.5. The normalized spacial score (nSPS) is 21.4. The van der Waals surface area contributed by atoms with Gasteiger partial charge in [-0.3, -0.25) is 14.4 Å². The summed E-state index contributed by atoms with van der Waals surface area (Å²) in [4.78, 5) is 38.0. The van der Waals surface area contributed by atoms with Gasteiger partial charge in [0.05, 0.1) is 0 Å². The molecule has 4 N–H and O–H groups in total. The van der Waals surface area contributed by atoms with E-state index in [-0.39, 0.29) is 36.6 Å². The lowest BCUT2D eigenvalue weighted by Gasteiger charge is -2.23. The number of rotatable bonds is 5. The lowest BCUT2D eigenvalue weighted by Crippen LogP contribution is -2.45. The van der Waals surface area contributed by atoms with E-state index in [1.54, 1.807) is 7.05 Å². The molecule has 0 radical (unpaired) electrons. The molecule has 140 valence electrons. The van der Waals surface area contributed by atoms with Gasteiger partial charge in [-0.2, -0.15) is 0 Å². The van der Waals surface area contributed by atoms with Crippen molar-refractivity contribution in [2.45, 2.75) is 50.6 Å². The average molecular weight is 358 g/mol. The Balaban J connectivity index is 1.52. The number of likely N-dealkylation sites (tertiary alicyclic amines) is 1. The summed E-state index contributed by atoms with van der Waals surface area (Å²) in [5.41, 5.74) is 9.31. The van der Waals surface area contributed by atoms with Crippen LogP contribution in [0, 0.1) is 0 Å². The second-order valence-corrected chi connectivity index (χ2v) is 7.06. The Hall–Kier alpha value is -2.41. The number of amides is 3. The molecule has 0 spiro atoms. The van der Waals surface area contributed by atoms with E-state index in [2.05, 4.69) is 16.7 Å².